The van der Waals surface area contributed by atoms with Crippen LogP contribution in [0.15, 0.2) is 48.9 Å². The maximum Gasteiger partial charge on any atom is 0.387 e. The number of carbonyl (C=O) groups is 1. The van der Waals surface area contributed by atoms with Crippen molar-refractivity contribution in [3.05, 3.63) is 54.5 Å². The van der Waals surface area contributed by atoms with E-state index < -0.39 is 6.61 Å². The SMILES string of the molecule is O=C(/C=C\c1ccc(OC(F)F)cc1)NCCNc1cnccn1. The Morgan fingerprint density at radius 3 is 2.67 bits per heavy atom. The Labute approximate surface area is 137 Å². The predicted octanol–water partition coefficient (Wildman–Crippen LogP) is 2.32. The van der Waals surface area contributed by atoms with Gasteiger partial charge in [0.2, 0.25) is 5.91 Å². The van der Waals surface area contributed by atoms with Crippen molar-refractivity contribution in [2.45, 2.75) is 6.61 Å². The second kappa shape index (κ2) is 9.19. The number of halogens is 2. The normalized spacial score (nSPS) is 10.8. The van der Waals surface area contributed by atoms with E-state index in [4.69, 9.17) is 0 Å². The summed E-state index contributed by atoms with van der Waals surface area (Å²) >= 11 is 0. The van der Waals surface area contributed by atoms with E-state index in [1.54, 1.807) is 36.8 Å². The quantitative estimate of drug-likeness (QED) is 0.572. The zero-order valence-corrected chi connectivity index (χ0v) is 12.7. The highest BCUT2D eigenvalue weighted by molar-refractivity contribution is 5.91. The van der Waals surface area contributed by atoms with E-state index in [2.05, 4.69) is 25.3 Å². The van der Waals surface area contributed by atoms with Crippen LogP contribution in [0.3, 0.4) is 0 Å². The number of carbonyl (C=O) groups excluding carboxylic acids is 1. The van der Waals surface area contributed by atoms with E-state index in [0.717, 1.165) is 0 Å². The number of nitrogens with zero attached hydrogens (tertiary/aromatic N) is 2. The maximum atomic E-state index is 12.0. The molecule has 6 nitrogen and oxygen atoms in total. The maximum absolute atomic E-state index is 12.0. The van der Waals surface area contributed by atoms with E-state index in [9.17, 15) is 13.6 Å². The molecule has 0 unspecified atom stereocenters. The number of alkyl halides is 2. The van der Waals surface area contributed by atoms with E-state index in [0.29, 0.717) is 24.5 Å². The lowest BCUT2D eigenvalue weighted by molar-refractivity contribution is -0.116. The Bertz CT molecular complexity index is 664. The lowest BCUT2D eigenvalue weighted by Gasteiger charge is -2.05. The van der Waals surface area contributed by atoms with Gasteiger partial charge in [0, 0.05) is 31.6 Å². The molecule has 2 aromatic rings. The lowest BCUT2D eigenvalue weighted by atomic mass is 10.2. The summed E-state index contributed by atoms with van der Waals surface area (Å²) in [4.78, 5) is 19.6. The summed E-state index contributed by atoms with van der Waals surface area (Å²) in [6.45, 7) is -1.92. The Hall–Kier alpha value is -3.03. The average Bonchev–Trinajstić information content (AvgIpc) is 2.58. The number of amides is 1. The standard InChI is InChI=1S/C16H16F2N4O2/c17-16(18)24-13-4-1-12(2-5-13)3-6-15(23)22-10-9-21-14-11-19-7-8-20-14/h1-8,11,16H,9-10H2,(H,20,21)(H,22,23)/b6-3-. The van der Waals surface area contributed by atoms with Gasteiger partial charge in [-0.15, -0.1) is 0 Å². The molecule has 1 aromatic heterocycles. The second-order valence-corrected chi connectivity index (χ2v) is 4.59. The molecule has 0 aliphatic rings. The molecule has 0 aliphatic carbocycles. The number of rotatable bonds is 8. The second-order valence-electron chi connectivity index (χ2n) is 4.59. The molecule has 2 N–H and O–H groups in total. The van der Waals surface area contributed by atoms with E-state index >= 15 is 0 Å². The summed E-state index contributed by atoms with van der Waals surface area (Å²) in [6.07, 6.45) is 7.68. The van der Waals surface area contributed by atoms with Crippen LogP contribution < -0.4 is 15.4 Å². The monoisotopic (exact) mass is 334 g/mol. The van der Waals surface area contributed by atoms with Gasteiger partial charge in [-0.2, -0.15) is 8.78 Å². The van der Waals surface area contributed by atoms with Crippen LogP contribution in [0.5, 0.6) is 5.75 Å². The molecular weight excluding hydrogens is 318 g/mol. The largest absolute Gasteiger partial charge is 0.435 e. The molecule has 0 saturated carbocycles. The highest BCUT2D eigenvalue weighted by atomic mass is 19.3. The molecule has 126 valence electrons. The molecule has 0 atom stereocenters. The van der Waals surface area contributed by atoms with Crippen molar-refractivity contribution in [2.24, 2.45) is 0 Å². The van der Waals surface area contributed by atoms with Crippen molar-refractivity contribution in [3.8, 4) is 5.75 Å². The average molecular weight is 334 g/mol. The van der Waals surface area contributed by atoms with Crippen LogP contribution in [0.25, 0.3) is 6.08 Å². The number of hydrogen-bond acceptors (Lipinski definition) is 5. The third-order valence-corrected chi connectivity index (χ3v) is 2.83. The highest BCUT2D eigenvalue weighted by Crippen LogP contribution is 2.15. The zero-order chi connectivity index (χ0) is 17.2. The third-order valence-electron chi connectivity index (χ3n) is 2.83. The van der Waals surface area contributed by atoms with E-state index in [1.165, 1.54) is 18.2 Å². The third kappa shape index (κ3) is 6.39. The number of aromatic nitrogens is 2. The van der Waals surface area contributed by atoms with Crippen molar-refractivity contribution in [1.82, 2.24) is 15.3 Å². The molecular formula is C16H16F2N4O2. The summed E-state index contributed by atoms with van der Waals surface area (Å²) in [5.41, 5.74) is 0.699. The Kier molecular flexibility index (Phi) is 6.63. The van der Waals surface area contributed by atoms with Crippen LogP contribution in [0.1, 0.15) is 5.56 Å². The summed E-state index contributed by atoms with van der Waals surface area (Å²) < 4.78 is 28.3. The Balaban J connectivity index is 1.70. The topological polar surface area (TPSA) is 76.1 Å². The van der Waals surface area contributed by atoms with Crippen LogP contribution >= 0.6 is 0 Å². The molecule has 1 aromatic carbocycles. The summed E-state index contributed by atoms with van der Waals surface area (Å²) in [5.74, 6) is 0.443. The van der Waals surface area contributed by atoms with Gasteiger partial charge in [0.05, 0.1) is 6.20 Å². The van der Waals surface area contributed by atoms with Crippen molar-refractivity contribution < 1.29 is 18.3 Å². The first-order chi connectivity index (χ1) is 11.6. The zero-order valence-electron chi connectivity index (χ0n) is 12.7. The van der Waals surface area contributed by atoms with Gasteiger partial charge in [-0.1, -0.05) is 12.1 Å². The van der Waals surface area contributed by atoms with Gasteiger partial charge >= 0.3 is 6.61 Å². The number of anilines is 1. The molecule has 0 fully saturated rings. The van der Waals surface area contributed by atoms with Gasteiger partial charge in [-0.25, -0.2) is 4.98 Å². The highest BCUT2D eigenvalue weighted by Gasteiger charge is 2.03. The lowest BCUT2D eigenvalue weighted by Crippen LogP contribution is -2.27. The molecule has 24 heavy (non-hydrogen) atoms. The first kappa shape index (κ1) is 17.3. The summed E-state index contributed by atoms with van der Waals surface area (Å²) in [6, 6.07) is 5.98. The number of hydrogen-bond donors (Lipinski definition) is 2. The molecule has 0 radical (unpaired) electrons. The summed E-state index contributed by atoms with van der Waals surface area (Å²) in [5, 5.41) is 5.71. The van der Waals surface area contributed by atoms with Crippen molar-refractivity contribution in [1.29, 1.82) is 0 Å². The summed E-state index contributed by atoms with van der Waals surface area (Å²) in [7, 11) is 0. The number of benzene rings is 1. The Morgan fingerprint density at radius 2 is 2.00 bits per heavy atom. The number of nitrogens with one attached hydrogen (secondary N) is 2. The van der Waals surface area contributed by atoms with Gasteiger partial charge in [-0.3, -0.25) is 9.78 Å². The van der Waals surface area contributed by atoms with Crippen LogP contribution in [0, 0.1) is 0 Å². The molecule has 2 rings (SSSR count). The predicted molar refractivity (Wildman–Crippen MR) is 85.6 cm³/mol. The van der Waals surface area contributed by atoms with Crippen molar-refractivity contribution >= 4 is 17.8 Å². The fourth-order valence-electron chi connectivity index (χ4n) is 1.76. The van der Waals surface area contributed by atoms with Gasteiger partial charge in [0.15, 0.2) is 0 Å². The smallest absolute Gasteiger partial charge is 0.387 e. The Morgan fingerprint density at radius 1 is 1.21 bits per heavy atom. The van der Waals surface area contributed by atoms with E-state index in [1.807, 2.05) is 0 Å². The first-order valence-corrected chi connectivity index (χ1v) is 7.14. The molecule has 8 heteroatoms. The van der Waals surface area contributed by atoms with Crippen molar-refractivity contribution in [2.75, 3.05) is 18.4 Å². The first-order valence-electron chi connectivity index (χ1n) is 7.14. The molecule has 1 heterocycles. The molecule has 0 aliphatic heterocycles. The fourth-order valence-corrected chi connectivity index (χ4v) is 1.76. The minimum absolute atomic E-state index is 0.0710. The van der Waals surface area contributed by atoms with Crippen molar-refractivity contribution in [3.63, 3.8) is 0 Å². The van der Waals surface area contributed by atoms with Gasteiger partial charge < -0.3 is 15.4 Å². The molecule has 0 spiro atoms. The van der Waals surface area contributed by atoms with E-state index in [-0.39, 0.29) is 11.7 Å². The van der Waals surface area contributed by atoms with Gasteiger partial charge in [-0.05, 0) is 23.8 Å². The number of ether oxygens (including phenoxy) is 1. The van der Waals surface area contributed by atoms with Crippen LogP contribution in [-0.4, -0.2) is 35.6 Å². The molecule has 1 amide bonds. The van der Waals surface area contributed by atoms with Gasteiger partial charge in [0.1, 0.15) is 11.6 Å². The van der Waals surface area contributed by atoms with Crippen LogP contribution in [0.4, 0.5) is 14.6 Å². The minimum atomic E-state index is -2.85. The van der Waals surface area contributed by atoms with Crippen LogP contribution in [0.2, 0.25) is 0 Å². The molecule has 0 saturated heterocycles. The van der Waals surface area contributed by atoms with Crippen LogP contribution in [-0.2, 0) is 4.79 Å². The fraction of sp³-hybridized carbons (Fsp3) is 0.188. The van der Waals surface area contributed by atoms with Gasteiger partial charge in [0.25, 0.3) is 0 Å². The minimum Gasteiger partial charge on any atom is -0.435 e. The molecule has 0 bridgehead atoms.